The van der Waals surface area contributed by atoms with Gasteiger partial charge < -0.3 is 10.2 Å². The Morgan fingerprint density at radius 2 is 1.71 bits per heavy atom. The molecule has 1 saturated heterocycles. The van der Waals surface area contributed by atoms with Crippen LogP contribution in [0.1, 0.15) is 52.9 Å². The highest BCUT2D eigenvalue weighted by molar-refractivity contribution is 6.09. The van der Waals surface area contributed by atoms with Gasteiger partial charge in [-0.05, 0) is 33.6 Å². The SMILES string of the molecule is CN1C(=O)N(CC(=O)NC(=O)NC(C)(C)C)C(=O)C12CCCCC2. The van der Waals surface area contributed by atoms with Crippen LogP contribution in [0.2, 0.25) is 0 Å². The van der Waals surface area contributed by atoms with Crippen LogP contribution in [0.15, 0.2) is 0 Å². The van der Waals surface area contributed by atoms with Gasteiger partial charge in [0.25, 0.3) is 5.91 Å². The number of amides is 6. The number of hydrogen-bond donors (Lipinski definition) is 2. The van der Waals surface area contributed by atoms with Gasteiger partial charge in [-0.2, -0.15) is 0 Å². The third kappa shape index (κ3) is 3.52. The predicted molar refractivity (Wildman–Crippen MR) is 87.1 cm³/mol. The number of imide groups is 2. The van der Waals surface area contributed by atoms with E-state index in [0.29, 0.717) is 12.8 Å². The van der Waals surface area contributed by atoms with Gasteiger partial charge in [-0.15, -0.1) is 0 Å². The second-order valence-electron chi connectivity index (χ2n) is 7.58. The fraction of sp³-hybridized carbons (Fsp3) is 0.750. The second-order valence-corrected chi connectivity index (χ2v) is 7.58. The van der Waals surface area contributed by atoms with E-state index in [0.717, 1.165) is 24.2 Å². The number of rotatable bonds is 2. The number of urea groups is 2. The minimum atomic E-state index is -0.816. The monoisotopic (exact) mass is 338 g/mol. The Balaban J connectivity index is 2.02. The zero-order valence-electron chi connectivity index (χ0n) is 14.8. The number of carbonyl (C=O) groups is 4. The molecule has 1 saturated carbocycles. The number of likely N-dealkylation sites (N-methyl/N-ethyl adjacent to an activating group) is 1. The lowest BCUT2D eigenvalue weighted by atomic mass is 9.81. The maximum absolute atomic E-state index is 12.7. The summed E-state index contributed by atoms with van der Waals surface area (Å²) in [5.74, 6) is -1.01. The molecule has 134 valence electrons. The Morgan fingerprint density at radius 3 is 2.25 bits per heavy atom. The molecule has 0 radical (unpaired) electrons. The van der Waals surface area contributed by atoms with Crippen LogP contribution in [0.5, 0.6) is 0 Å². The van der Waals surface area contributed by atoms with Crippen molar-refractivity contribution in [3.63, 3.8) is 0 Å². The molecule has 8 heteroatoms. The fourth-order valence-electron chi connectivity index (χ4n) is 3.35. The highest BCUT2D eigenvalue weighted by atomic mass is 16.2. The van der Waals surface area contributed by atoms with Crippen molar-refractivity contribution in [1.82, 2.24) is 20.4 Å². The molecule has 1 heterocycles. The van der Waals surface area contributed by atoms with Crippen molar-refractivity contribution in [1.29, 1.82) is 0 Å². The van der Waals surface area contributed by atoms with Crippen LogP contribution < -0.4 is 10.6 Å². The topological polar surface area (TPSA) is 98.8 Å². The smallest absolute Gasteiger partial charge is 0.327 e. The maximum atomic E-state index is 12.7. The highest BCUT2D eigenvalue weighted by Crippen LogP contribution is 2.39. The lowest BCUT2D eigenvalue weighted by molar-refractivity contribution is -0.137. The minimum absolute atomic E-state index is 0.332. The van der Waals surface area contributed by atoms with E-state index in [1.54, 1.807) is 27.8 Å². The van der Waals surface area contributed by atoms with Crippen molar-refractivity contribution < 1.29 is 19.2 Å². The molecule has 8 nitrogen and oxygen atoms in total. The van der Waals surface area contributed by atoms with Crippen molar-refractivity contribution >= 4 is 23.9 Å². The molecule has 0 atom stereocenters. The van der Waals surface area contributed by atoms with Crippen LogP contribution in [0.4, 0.5) is 9.59 Å². The summed E-state index contributed by atoms with van der Waals surface area (Å²) in [4.78, 5) is 51.3. The third-order valence-corrected chi connectivity index (χ3v) is 4.53. The summed E-state index contributed by atoms with van der Waals surface area (Å²) in [5.41, 5.74) is -1.31. The van der Waals surface area contributed by atoms with Crippen LogP contribution in [0.3, 0.4) is 0 Å². The molecule has 0 aromatic heterocycles. The van der Waals surface area contributed by atoms with E-state index < -0.39 is 35.6 Å². The lowest BCUT2D eigenvalue weighted by Gasteiger charge is -2.35. The van der Waals surface area contributed by atoms with Gasteiger partial charge in [-0.3, -0.25) is 19.8 Å². The maximum Gasteiger partial charge on any atom is 0.327 e. The summed E-state index contributed by atoms with van der Waals surface area (Å²) in [6, 6.07) is -1.12. The Morgan fingerprint density at radius 1 is 1.12 bits per heavy atom. The van der Waals surface area contributed by atoms with Crippen LogP contribution in [-0.4, -0.2) is 58.3 Å². The van der Waals surface area contributed by atoms with E-state index in [1.807, 2.05) is 0 Å². The summed E-state index contributed by atoms with van der Waals surface area (Å²) < 4.78 is 0. The van der Waals surface area contributed by atoms with E-state index in [9.17, 15) is 19.2 Å². The molecule has 24 heavy (non-hydrogen) atoms. The molecule has 2 rings (SSSR count). The molecular formula is C16H26N4O4. The van der Waals surface area contributed by atoms with Crippen molar-refractivity contribution in [3.05, 3.63) is 0 Å². The standard InChI is InChI=1S/C16H26N4O4/c1-15(2,3)18-13(23)17-11(21)10-20-12(22)16(19(4)14(20)24)8-6-5-7-9-16/h5-10H2,1-4H3,(H2,17,18,21,23). The summed E-state index contributed by atoms with van der Waals surface area (Å²) >= 11 is 0. The van der Waals surface area contributed by atoms with Gasteiger partial charge in [0.2, 0.25) is 5.91 Å². The van der Waals surface area contributed by atoms with Gasteiger partial charge in [-0.25, -0.2) is 9.59 Å². The number of nitrogens with one attached hydrogen (secondary N) is 2. The quantitative estimate of drug-likeness (QED) is 0.739. The van der Waals surface area contributed by atoms with Crippen molar-refractivity contribution in [3.8, 4) is 0 Å². The average Bonchev–Trinajstić information content (AvgIpc) is 2.62. The van der Waals surface area contributed by atoms with E-state index in [4.69, 9.17) is 0 Å². The van der Waals surface area contributed by atoms with Gasteiger partial charge in [0.15, 0.2) is 0 Å². The highest BCUT2D eigenvalue weighted by Gasteiger charge is 2.55. The molecule has 1 aliphatic heterocycles. The zero-order valence-corrected chi connectivity index (χ0v) is 14.8. The first-order chi connectivity index (χ1) is 11.1. The summed E-state index contributed by atoms with van der Waals surface area (Å²) in [6.45, 7) is 4.91. The molecule has 1 aliphatic carbocycles. The van der Waals surface area contributed by atoms with Crippen LogP contribution >= 0.6 is 0 Å². The minimum Gasteiger partial charge on any atom is -0.333 e. The molecule has 0 bridgehead atoms. The molecule has 0 aromatic carbocycles. The van der Waals surface area contributed by atoms with E-state index in [-0.39, 0.29) is 5.91 Å². The van der Waals surface area contributed by atoms with Crippen LogP contribution in [0, 0.1) is 0 Å². The van der Waals surface area contributed by atoms with Gasteiger partial charge >= 0.3 is 12.1 Å². The van der Waals surface area contributed by atoms with Gasteiger partial charge in [-0.1, -0.05) is 19.3 Å². The molecule has 1 spiro atoms. The Bertz CT molecular complexity index is 561. The first kappa shape index (κ1) is 18.2. The molecule has 2 aliphatic rings. The number of nitrogens with zero attached hydrogens (tertiary/aromatic N) is 2. The molecular weight excluding hydrogens is 312 g/mol. The summed E-state index contributed by atoms with van der Waals surface area (Å²) in [7, 11) is 1.61. The van der Waals surface area contributed by atoms with E-state index in [2.05, 4.69) is 10.6 Å². The van der Waals surface area contributed by atoms with Gasteiger partial charge in [0, 0.05) is 12.6 Å². The van der Waals surface area contributed by atoms with Gasteiger partial charge in [0.1, 0.15) is 12.1 Å². The zero-order chi connectivity index (χ0) is 18.1. The number of hydrogen-bond acceptors (Lipinski definition) is 4. The molecule has 6 amide bonds. The normalized spacial score (nSPS) is 20.5. The Labute approximate surface area is 141 Å². The fourth-order valence-corrected chi connectivity index (χ4v) is 3.35. The lowest BCUT2D eigenvalue weighted by Crippen LogP contribution is -2.51. The summed E-state index contributed by atoms with van der Waals surface area (Å²) in [5, 5.41) is 4.75. The third-order valence-electron chi connectivity index (χ3n) is 4.53. The average molecular weight is 338 g/mol. The molecule has 0 aromatic rings. The first-order valence-corrected chi connectivity index (χ1v) is 8.29. The second kappa shape index (κ2) is 6.41. The summed E-state index contributed by atoms with van der Waals surface area (Å²) in [6.07, 6.45) is 4.06. The largest absolute Gasteiger partial charge is 0.333 e. The van der Waals surface area contributed by atoms with Crippen molar-refractivity contribution in [2.75, 3.05) is 13.6 Å². The van der Waals surface area contributed by atoms with Crippen LogP contribution in [-0.2, 0) is 9.59 Å². The molecule has 2 N–H and O–H groups in total. The van der Waals surface area contributed by atoms with Gasteiger partial charge in [0.05, 0.1) is 0 Å². The first-order valence-electron chi connectivity index (χ1n) is 8.29. The van der Waals surface area contributed by atoms with Crippen LogP contribution in [0.25, 0.3) is 0 Å². The predicted octanol–water partition coefficient (Wildman–Crippen LogP) is 1.21. The van der Waals surface area contributed by atoms with Crippen molar-refractivity contribution in [2.24, 2.45) is 0 Å². The molecule has 2 fully saturated rings. The number of carbonyl (C=O) groups excluding carboxylic acids is 4. The Hall–Kier alpha value is -2.12. The Kier molecular flexibility index (Phi) is 4.87. The van der Waals surface area contributed by atoms with E-state index >= 15 is 0 Å². The van der Waals surface area contributed by atoms with Crippen molar-refractivity contribution in [2.45, 2.75) is 64.0 Å². The molecule has 0 unspecified atom stereocenters. The van der Waals surface area contributed by atoms with E-state index in [1.165, 1.54) is 4.90 Å².